The van der Waals surface area contributed by atoms with Gasteiger partial charge in [0.15, 0.2) is 0 Å². The highest BCUT2D eigenvalue weighted by Gasteiger charge is 2.12. The number of benzene rings is 1. The maximum Gasteiger partial charge on any atom is 0.0931 e. The molecule has 0 amide bonds. The van der Waals surface area contributed by atoms with Crippen molar-refractivity contribution in [1.82, 2.24) is 5.32 Å². The number of nitrogens with one attached hydrogen (secondary N) is 1. The van der Waals surface area contributed by atoms with Crippen LogP contribution in [0.5, 0.6) is 0 Å². The number of thiophene rings is 1. The second kappa shape index (κ2) is 7.09. The van der Waals surface area contributed by atoms with Crippen molar-refractivity contribution in [2.45, 2.75) is 32.9 Å². The first-order valence-electron chi connectivity index (χ1n) is 6.67. The Bertz CT molecular complexity index is 492. The molecule has 0 bridgehead atoms. The van der Waals surface area contributed by atoms with Crippen LogP contribution in [0.1, 0.15) is 36.8 Å². The molecule has 1 heterocycles. The number of halogens is 1. The fourth-order valence-electron chi connectivity index (χ4n) is 2.16. The van der Waals surface area contributed by atoms with Gasteiger partial charge in [-0.05, 0) is 30.0 Å². The zero-order chi connectivity index (χ0) is 13.7. The molecule has 0 aliphatic heterocycles. The van der Waals surface area contributed by atoms with Gasteiger partial charge in [-0.15, -0.1) is 11.3 Å². The van der Waals surface area contributed by atoms with Gasteiger partial charge in [0.05, 0.1) is 4.34 Å². The van der Waals surface area contributed by atoms with Crippen LogP contribution >= 0.6 is 22.9 Å². The lowest BCUT2D eigenvalue weighted by molar-refractivity contribution is 0.430. The first kappa shape index (κ1) is 14.6. The Balaban J connectivity index is 2.02. The van der Waals surface area contributed by atoms with E-state index in [9.17, 15) is 0 Å². The molecular formula is C16H20ClNS. The van der Waals surface area contributed by atoms with Crippen molar-refractivity contribution >= 4 is 22.9 Å². The normalized spacial score (nSPS) is 12.8. The van der Waals surface area contributed by atoms with Gasteiger partial charge in [0.2, 0.25) is 0 Å². The SMILES string of the molecule is CC(C)CC(NCc1ccc(Cl)s1)c1ccccc1. The van der Waals surface area contributed by atoms with Crippen LogP contribution in [0, 0.1) is 5.92 Å². The van der Waals surface area contributed by atoms with E-state index in [0.29, 0.717) is 12.0 Å². The van der Waals surface area contributed by atoms with Gasteiger partial charge in [0, 0.05) is 17.5 Å². The molecule has 0 fully saturated rings. The molecule has 19 heavy (non-hydrogen) atoms. The van der Waals surface area contributed by atoms with E-state index in [2.05, 4.69) is 55.6 Å². The largest absolute Gasteiger partial charge is 0.305 e. The lowest BCUT2D eigenvalue weighted by Crippen LogP contribution is -2.22. The van der Waals surface area contributed by atoms with Crippen molar-refractivity contribution in [2.75, 3.05) is 0 Å². The highest BCUT2D eigenvalue weighted by Crippen LogP contribution is 2.24. The van der Waals surface area contributed by atoms with Gasteiger partial charge in [0.25, 0.3) is 0 Å². The molecule has 0 aliphatic carbocycles. The molecule has 1 aromatic heterocycles. The maximum absolute atomic E-state index is 5.97. The summed E-state index contributed by atoms with van der Waals surface area (Å²) in [6.07, 6.45) is 1.14. The van der Waals surface area contributed by atoms with E-state index >= 15 is 0 Å². The van der Waals surface area contributed by atoms with Crippen LogP contribution in [-0.4, -0.2) is 0 Å². The van der Waals surface area contributed by atoms with Gasteiger partial charge in [-0.1, -0.05) is 55.8 Å². The van der Waals surface area contributed by atoms with E-state index in [1.54, 1.807) is 11.3 Å². The highest BCUT2D eigenvalue weighted by atomic mass is 35.5. The number of hydrogen-bond acceptors (Lipinski definition) is 2. The Kier molecular flexibility index (Phi) is 5.44. The Morgan fingerprint density at radius 2 is 1.84 bits per heavy atom. The molecule has 102 valence electrons. The predicted molar refractivity (Wildman–Crippen MR) is 84.8 cm³/mol. The van der Waals surface area contributed by atoms with Crippen LogP contribution in [0.3, 0.4) is 0 Å². The van der Waals surface area contributed by atoms with Crippen molar-refractivity contribution in [3.05, 3.63) is 57.2 Å². The lowest BCUT2D eigenvalue weighted by Gasteiger charge is -2.21. The van der Waals surface area contributed by atoms with Gasteiger partial charge in [-0.2, -0.15) is 0 Å². The standard InChI is InChI=1S/C16H20ClNS/c1-12(2)10-15(13-6-4-3-5-7-13)18-11-14-8-9-16(17)19-14/h3-9,12,15,18H,10-11H2,1-2H3. The monoisotopic (exact) mass is 293 g/mol. The first-order chi connectivity index (χ1) is 9.15. The number of rotatable bonds is 6. The summed E-state index contributed by atoms with van der Waals surface area (Å²) in [5.74, 6) is 0.671. The fraction of sp³-hybridized carbons (Fsp3) is 0.375. The van der Waals surface area contributed by atoms with E-state index < -0.39 is 0 Å². The third kappa shape index (κ3) is 4.64. The van der Waals surface area contributed by atoms with E-state index in [0.717, 1.165) is 17.3 Å². The summed E-state index contributed by atoms with van der Waals surface area (Å²) in [5.41, 5.74) is 1.36. The van der Waals surface area contributed by atoms with E-state index in [-0.39, 0.29) is 0 Å². The molecule has 2 aromatic rings. The van der Waals surface area contributed by atoms with E-state index in [4.69, 9.17) is 11.6 Å². The molecular weight excluding hydrogens is 274 g/mol. The van der Waals surface area contributed by atoms with Crippen molar-refractivity contribution in [2.24, 2.45) is 5.92 Å². The average Bonchev–Trinajstić information content (AvgIpc) is 2.81. The molecule has 0 saturated heterocycles. The van der Waals surface area contributed by atoms with Crippen LogP contribution in [0.4, 0.5) is 0 Å². The molecule has 1 nitrogen and oxygen atoms in total. The van der Waals surface area contributed by atoms with Crippen molar-refractivity contribution < 1.29 is 0 Å². The maximum atomic E-state index is 5.97. The molecule has 0 radical (unpaired) electrons. The summed E-state index contributed by atoms with van der Waals surface area (Å²) < 4.78 is 0.858. The molecule has 2 rings (SSSR count). The van der Waals surface area contributed by atoms with Gasteiger partial charge >= 0.3 is 0 Å². The summed E-state index contributed by atoms with van der Waals surface area (Å²) >= 11 is 7.61. The highest BCUT2D eigenvalue weighted by molar-refractivity contribution is 7.16. The molecule has 1 unspecified atom stereocenters. The summed E-state index contributed by atoms with van der Waals surface area (Å²) in [6.45, 7) is 5.41. The molecule has 0 saturated carbocycles. The summed E-state index contributed by atoms with van der Waals surface area (Å²) in [7, 11) is 0. The van der Waals surface area contributed by atoms with Gasteiger partial charge < -0.3 is 5.32 Å². The zero-order valence-corrected chi connectivity index (χ0v) is 13.0. The zero-order valence-electron chi connectivity index (χ0n) is 11.4. The smallest absolute Gasteiger partial charge is 0.0931 e. The van der Waals surface area contributed by atoms with Gasteiger partial charge in [0.1, 0.15) is 0 Å². The van der Waals surface area contributed by atoms with Crippen LogP contribution in [-0.2, 0) is 6.54 Å². The van der Waals surface area contributed by atoms with Crippen LogP contribution in [0.2, 0.25) is 4.34 Å². The molecule has 1 N–H and O–H groups in total. The lowest BCUT2D eigenvalue weighted by atomic mass is 9.97. The Morgan fingerprint density at radius 3 is 2.42 bits per heavy atom. The second-order valence-electron chi connectivity index (χ2n) is 5.18. The van der Waals surface area contributed by atoms with Crippen molar-refractivity contribution in [3.63, 3.8) is 0 Å². The summed E-state index contributed by atoms with van der Waals surface area (Å²) in [4.78, 5) is 1.29. The molecule has 0 spiro atoms. The quantitative estimate of drug-likeness (QED) is 0.764. The Hall–Kier alpha value is -0.830. The van der Waals surface area contributed by atoms with Gasteiger partial charge in [-0.25, -0.2) is 0 Å². The van der Waals surface area contributed by atoms with Crippen LogP contribution in [0.15, 0.2) is 42.5 Å². The number of hydrogen-bond donors (Lipinski definition) is 1. The summed E-state index contributed by atoms with van der Waals surface area (Å²) in [6, 6.07) is 15.1. The molecule has 3 heteroatoms. The summed E-state index contributed by atoms with van der Waals surface area (Å²) in [5, 5.41) is 3.65. The first-order valence-corrected chi connectivity index (χ1v) is 7.87. The average molecular weight is 294 g/mol. The molecule has 1 atom stereocenters. The topological polar surface area (TPSA) is 12.0 Å². The second-order valence-corrected chi connectivity index (χ2v) is 6.98. The Labute approximate surface area is 124 Å². The fourth-order valence-corrected chi connectivity index (χ4v) is 3.20. The predicted octanol–water partition coefficient (Wildman–Crippen LogP) is 5.28. The third-order valence-corrected chi connectivity index (χ3v) is 4.29. The Morgan fingerprint density at radius 1 is 1.11 bits per heavy atom. The molecule has 0 aliphatic rings. The van der Waals surface area contributed by atoms with E-state index in [1.807, 2.05) is 6.07 Å². The molecule has 1 aromatic carbocycles. The van der Waals surface area contributed by atoms with Crippen molar-refractivity contribution in [1.29, 1.82) is 0 Å². The van der Waals surface area contributed by atoms with Crippen molar-refractivity contribution in [3.8, 4) is 0 Å². The van der Waals surface area contributed by atoms with Gasteiger partial charge in [-0.3, -0.25) is 0 Å². The minimum Gasteiger partial charge on any atom is -0.305 e. The minimum absolute atomic E-state index is 0.405. The van der Waals surface area contributed by atoms with E-state index in [1.165, 1.54) is 10.4 Å². The third-order valence-electron chi connectivity index (χ3n) is 3.06. The minimum atomic E-state index is 0.405. The van der Waals surface area contributed by atoms with Crippen LogP contribution < -0.4 is 5.32 Å². The van der Waals surface area contributed by atoms with Crippen LogP contribution in [0.25, 0.3) is 0 Å².